The molecule has 0 rings (SSSR count). The van der Waals surface area contributed by atoms with Crippen molar-refractivity contribution in [3.8, 4) is 0 Å². The Labute approximate surface area is 58.1 Å². The normalized spacial score (nSPS) is 17.2. The Hall–Kier alpha value is -0.0151. The zero-order valence-electron chi connectivity index (χ0n) is 6.57. The van der Waals surface area contributed by atoms with Gasteiger partial charge in [-0.15, -0.1) is 0 Å². The van der Waals surface area contributed by atoms with Crippen molar-refractivity contribution in [1.29, 1.82) is 0 Å². The second kappa shape index (κ2) is 3.91. The van der Waals surface area contributed by atoms with Crippen LogP contribution in [0.3, 0.4) is 0 Å². The van der Waals surface area contributed by atoms with Gasteiger partial charge < -0.3 is 10.3 Å². The van der Waals surface area contributed by atoms with E-state index in [-0.39, 0.29) is 12.1 Å². The third-order valence-corrected chi connectivity index (χ3v) is 2.05. The van der Waals surface area contributed by atoms with Crippen molar-refractivity contribution in [2.24, 2.45) is 0 Å². The molecular formula is C6H16BNO. The van der Waals surface area contributed by atoms with Crippen LogP contribution in [0.25, 0.3) is 0 Å². The van der Waals surface area contributed by atoms with E-state index in [1.807, 2.05) is 7.98 Å². The maximum atomic E-state index is 8.62. The van der Waals surface area contributed by atoms with Gasteiger partial charge in [0.05, 0.1) is 0 Å². The van der Waals surface area contributed by atoms with Gasteiger partial charge in [0, 0.05) is 12.1 Å². The zero-order valence-corrected chi connectivity index (χ0v) is 6.57. The Morgan fingerprint density at radius 2 is 2.22 bits per heavy atom. The number of aliphatic hydroxyl groups is 1. The molecule has 0 aromatic rings. The summed E-state index contributed by atoms with van der Waals surface area (Å²) in [5.41, 5.74) is 0.134. The minimum absolute atomic E-state index is 0.134. The predicted octanol–water partition coefficient (Wildman–Crippen LogP) is -0.325. The first-order valence-corrected chi connectivity index (χ1v) is 3.48. The van der Waals surface area contributed by atoms with Gasteiger partial charge in [-0.3, -0.25) is 0 Å². The summed E-state index contributed by atoms with van der Waals surface area (Å²) < 4.78 is 0. The number of hydrogen-bond donors (Lipinski definition) is 2. The summed E-state index contributed by atoms with van der Waals surface area (Å²) in [6, 6.07) is 0. The van der Waals surface area contributed by atoms with Crippen LogP contribution in [0.1, 0.15) is 26.7 Å². The predicted molar refractivity (Wildman–Crippen MR) is 42.1 cm³/mol. The Morgan fingerprint density at radius 1 is 1.67 bits per heavy atom. The van der Waals surface area contributed by atoms with Crippen LogP contribution in [0, 0.1) is 0 Å². The highest BCUT2D eigenvalue weighted by atomic mass is 16.3. The Kier molecular flexibility index (Phi) is 3.90. The summed E-state index contributed by atoms with van der Waals surface area (Å²) >= 11 is 0. The topological polar surface area (TPSA) is 32.3 Å². The molecule has 3 heteroatoms. The molecule has 0 bridgehead atoms. The van der Waals surface area contributed by atoms with Crippen molar-refractivity contribution in [1.82, 2.24) is 5.23 Å². The van der Waals surface area contributed by atoms with Gasteiger partial charge in [0.2, 0.25) is 0 Å². The van der Waals surface area contributed by atoms with Crippen molar-refractivity contribution in [3.63, 3.8) is 0 Å². The van der Waals surface area contributed by atoms with Crippen molar-refractivity contribution in [3.05, 3.63) is 0 Å². The maximum Gasteiger partial charge on any atom is 0.182 e. The zero-order chi connectivity index (χ0) is 7.33. The van der Waals surface area contributed by atoms with E-state index < -0.39 is 0 Å². The van der Waals surface area contributed by atoms with Crippen LogP contribution in [0.2, 0.25) is 0 Å². The fraction of sp³-hybridized carbons (Fsp3) is 1.00. The van der Waals surface area contributed by atoms with Crippen molar-refractivity contribution >= 4 is 7.98 Å². The van der Waals surface area contributed by atoms with Crippen molar-refractivity contribution in [2.45, 2.75) is 32.2 Å². The van der Waals surface area contributed by atoms with Crippen LogP contribution in [-0.2, 0) is 0 Å². The summed E-state index contributed by atoms with van der Waals surface area (Å²) in [5, 5.41) is 11.8. The lowest BCUT2D eigenvalue weighted by atomic mass is 9.93. The second-order valence-electron chi connectivity index (χ2n) is 2.64. The smallest absolute Gasteiger partial charge is 0.182 e. The minimum Gasteiger partial charge on any atom is -0.396 e. The summed E-state index contributed by atoms with van der Waals surface area (Å²) in [6.07, 6.45) is 1.89. The van der Waals surface area contributed by atoms with Gasteiger partial charge in [-0.25, -0.2) is 0 Å². The van der Waals surface area contributed by atoms with E-state index in [4.69, 9.17) is 5.11 Å². The van der Waals surface area contributed by atoms with Gasteiger partial charge in [-0.1, -0.05) is 6.92 Å². The summed E-state index contributed by atoms with van der Waals surface area (Å²) in [4.78, 5) is 0. The van der Waals surface area contributed by atoms with Crippen molar-refractivity contribution in [2.75, 3.05) is 6.61 Å². The second-order valence-corrected chi connectivity index (χ2v) is 2.64. The molecule has 0 aliphatic rings. The van der Waals surface area contributed by atoms with Gasteiger partial charge >= 0.3 is 0 Å². The number of aliphatic hydroxyl groups excluding tert-OH is 1. The molecular weight excluding hydrogens is 113 g/mol. The fourth-order valence-electron chi connectivity index (χ4n) is 0.725. The summed E-state index contributed by atoms with van der Waals surface area (Å²) in [5.74, 6) is 0. The minimum atomic E-state index is 0.134. The van der Waals surface area contributed by atoms with Crippen LogP contribution in [-0.4, -0.2) is 25.2 Å². The third-order valence-electron chi connectivity index (χ3n) is 2.05. The van der Waals surface area contributed by atoms with E-state index in [1.165, 1.54) is 0 Å². The monoisotopic (exact) mass is 129 g/mol. The maximum absolute atomic E-state index is 8.62. The number of hydrogen-bond acceptors (Lipinski definition) is 2. The lowest BCUT2D eigenvalue weighted by Gasteiger charge is -2.26. The van der Waals surface area contributed by atoms with Gasteiger partial charge in [0.15, 0.2) is 7.98 Å². The third kappa shape index (κ3) is 2.87. The van der Waals surface area contributed by atoms with Crippen LogP contribution in [0.4, 0.5) is 0 Å². The largest absolute Gasteiger partial charge is 0.396 e. The highest BCUT2D eigenvalue weighted by Crippen LogP contribution is 2.11. The first kappa shape index (κ1) is 8.98. The molecule has 0 heterocycles. The van der Waals surface area contributed by atoms with Gasteiger partial charge in [-0.2, -0.15) is 0 Å². The molecule has 0 aromatic heterocycles. The Balaban J connectivity index is 3.62. The van der Waals surface area contributed by atoms with Crippen LogP contribution in [0.15, 0.2) is 0 Å². The molecule has 2 N–H and O–H groups in total. The molecule has 0 fully saturated rings. The summed E-state index contributed by atoms with van der Waals surface area (Å²) in [6.45, 7) is 4.50. The molecule has 0 saturated carbocycles. The molecule has 54 valence electrons. The van der Waals surface area contributed by atoms with Gasteiger partial charge in [0.25, 0.3) is 0 Å². The van der Waals surface area contributed by atoms with Crippen LogP contribution in [0.5, 0.6) is 0 Å². The van der Waals surface area contributed by atoms with Crippen LogP contribution >= 0.6 is 0 Å². The fourth-order valence-corrected chi connectivity index (χ4v) is 0.725. The van der Waals surface area contributed by atoms with E-state index in [1.54, 1.807) is 0 Å². The number of nitrogens with one attached hydrogen (secondary N) is 1. The average molecular weight is 129 g/mol. The average Bonchev–Trinajstić information content (AvgIpc) is 1.89. The molecule has 0 amide bonds. The Morgan fingerprint density at radius 3 is 2.33 bits per heavy atom. The molecule has 0 aromatic carbocycles. The molecule has 0 saturated heterocycles. The molecule has 0 aliphatic heterocycles. The van der Waals surface area contributed by atoms with Crippen LogP contribution < -0.4 is 5.23 Å². The highest BCUT2D eigenvalue weighted by molar-refractivity contribution is 6.04. The molecule has 1 unspecified atom stereocenters. The first-order chi connectivity index (χ1) is 4.18. The molecule has 0 aliphatic carbocycles. The van der Waals surface area contributed by atoms with E-state index in [0.717, 1.165) is 12.8 Å². The summed E-state index contributed by atoms with van der Waals surface area (Å²) in [7, 11) is 1.93. The highest BCUT2D eigenvalue weighted by Gasteiger charge is 2.16. The molecule has 2 nitrogen and oxygen atoms in total. The SMILES string of the molecule is BNC(C)(CC)CCO. The molecule has 1 atom stereocenters. The van der Waals surface area contributed by atoms with E-state index in [9.17, 15) is 0 Å². The quantitative estimate of drug-likeness (QED) is 0.509. The molecule has 0 radical (unpaired) electrons. The van der Waals surface area contributed by atoms with E-state index in [2.05, 4.69) is 19.1 Å². The lowest BCUT2D eigenvalue weighted by Crippen LogP contribution is -2.40. The molecule has 9 heavy (non-hydrogen) atoms. The van der Waals surface area contributed by atoms with E-state index >= 15 is 0 Å². The lowest BCUT2D eigenvalue weighted by molar-refractivity contribution is 0.234. The molecule has 0 spiro atoms. The van der Waals surface area contributed by atoms with Gasteiger partial charge in [-0.05, 0) is 19.8 Å². The standard InChI is InChI=1S/C6H16BNO/c1-3-6(2,8-7)4-5-9/h8-9H,3-5,7H2,1-2H3. The van der Waals surface area contributed by atoms with E-state index in [0.29, 0.717) is 0 Å². The van der Waals surface area contributed by atoms with Crippen molar-refractivity contribution < 1.29 is 5.11 Å². The number of rotatable bonds is 4. The Bertz CT molecular complexity index is 73.5. The van der Waals surface area contributed by atoms with Gasteiger partial charge in [0.1, 0.15) is 0 Å². The first-order valence-electron chi connectivity index (χ1n) is 3.48.